The molecule has 1 heterocycles. The fraction of sp³-hybridized carbons (Fsp3) is 0.278. The van der Waals surface area contributed by atoms with Gasteiger partial charge >= 0.3 is 0 Å². The fourth-order valence-corrected chi connectivity index (χ4v) is 2.57. The van der Waals surface area contributed by atoms with Crippen molar-refractivity contribution in [3.63, 3.8) is 0 Å². The smallest absolute Gasteiger partial charge is 0.143 e. The highest BCUT2D eigenvalue weighted by Gasteiger charge is 2.11. The number of aromatic nitrogens is 4. The molecule has 7 nitrogen and oxygen atoms in total. The van der Waals surface area contributed by atoms with Crippen LogP contribution in [-0.4, -0.2) is 39.0 Å². The Hall–Kier alpha value is -2.77. The molecule has 0 fully saturated rings. The molecule has 0 radical (unpaired) electrons. The third kappa shape index (κ3) is 4.20. The van der Waals surface area contributed by atoms with Crippen LogP contribution in [0.5, 0.6) is 5.75 Å². The number of ether oxygens (including phenoxy) is 1. The molecule has 0 aliphatic carbocycles. The molecule has 7 heteroatoms. The van der Waals surface area contributed by atoms with E-state index in [0.717, 1.165) is 22.6 Å². The summed E-state index contributed by atoms with van der Waals surface area (Å²) in [5, 5.41) is 24.8. The summed E-state index contributed by atoms with van der Waals surface area (Å²) < 4.78 is 6.80. The van der Waals surface area contributed by atoms with Gasteiger partial charge in [0.1, 0.15) is 12.1 Å². The Labute approximate surface area is 146 Å². The van der Waals surface area contributed by atoms with Gasteiger partial charge in [-0.3, -0.25) is 0 Å². The molecule has 0 aliphatic rings. The Balaban J connectivity index is 1.59. The predicted octanol–water partition coefficient (Wildman–Crippen LogP) is 2.06. The molecule has 0 spiro atoms. The molecule has 0 unspecified atom stereocenters. The van der Waals surface area contributed by atoms with Gasteiger partial charge in [-0.2, -0.15) is 0 Å². The normalized spacial score (nSPS) is 13.4. The lowest BCUT2D eigenvalue weighted by atomic mass is 10.1. The zero-order chi connectivity index (χ0) is 17.6. The van der Waals surface area contributed by atoms with Gasteiger partial charge in [0.25, 0.3) is 0 Å². The Kier molecular flexibility index (Phi) is 5.37. The first kappa shape index (κ1) is 17.1. The van der Waals surface area contributed by atoms with Crippen molar-refractivity contribution in [1.82, 2.24) is 25.5 Å². The molecule has 2 aromatic carbocycles. The average Bonchev–Trinajstić information content (AvgIpc) is 3.20. The van der Waals surface area contributed by atoms with Crippen LogP contribution >= 0.6 is 0 Å². The molecule has 2 atom stereocenters. The van der Waals surface area contributed by atoms with Crippen LogP contribution in [0.4, 0.5) is 0 Å². The van der Waals surface area contributed by atoms with Crippen molar-refractivity contribution in [2.24, 2.45) is 0 Å². The summed E-state index contributed by atoms with van der Waals surface area (Å²) in [4.78, 5) is 0. The molecule has 0 bridgehead atoms. The molecule has 0 aliphatic heterocycles. The molecule has 0 amide bonds. The van der Waals surface area contributed by atoms with Crippen molar-refractivity contribution in [3.8, 4) is 11.4 Å². The predicted molar refractivity (Wildman–Crippen MR) is 93.5 cm³/mol. The number of tetrazole rings is 1. The van der Waals surface area contributed by atoms with Crippen molar-refractivity contribution in [2.45, 2.75) is 19.1 Å². The Morgan fingerprint density at radius 1 is 1.16 bits per heavy atom. The summed E-state index contributed by atoms with van der Waals surface area (Å²) in [6, 6.07) is 15.5. The summed E-state index contributed by atoms with van der Waals surface area (Å²) in [7, 11) is 1.62. The number of nitrogens with one attached hydrogen (secondary N) is 1. The van der Waals surface area contributed by atoms with Crippen molar-refractivity contribution < 1.29 is 9.84 Å². The quantitative estimate of drug-likeness (QED) is 0.685. The minimum absolute atomic E-state index is 0.100. The molecule has 25 heavy (non-hydrogen) atoms. The van der Waals surface area contributed by atoms with E-state index in [9.17, 15) is 5.11 Å². The van der Waals surface area contributed by atoms with Gasteiger partial charge in [0, 0.05) is 12.6 Å². The summed E-state index contributed by atoms with van der Waals surface area (Å²) in [5.74, 6) is 0.739. The van der Waals surface area contributed by atoms with E-state index < -0.39 is 6.10 Å². The van der Waals surface area contributed by atoms with Gasteiger partial charge in [0.05, 0.1) is 18.9 Å². The van der Waals surface area contributed by atoms with Crippen molar-refractivity contribution in [3.05, 3.63) is 66.0 Å². The van der Waals surface area contributed by atoms with Crippen LogP contribution in [0, 0.1) is 0 Å². The van der Waals surface area contributed by atoms with Crippen LogP contribution in [0.1, 0.15) is 30.2 Å². The summed E-state index contributed by atoms with van der Waals surface area (Å²) >= 11 is 0. The molecule has 3 rings (SSSR count). The maximum absolute atomic E-state index is 10.4. The van der Waals surface area contributed by atoms with Crippen molar-refractivity contribution in [2.75, 3.05) is 13.7 Å². The zero-order valence-electron chi connectivity index (χ0n) is 14.2. The number of hydrogen-bond acceptors (Lipinski definition) is 6. The highest BCUT2D eigenvalue weighted by atomic mass is 16.5. The van der Waals surface area contributed by atoms with E-state index in [0.29, 0.717) is 6.54 Å². The number of benzene rings is 2. The van der Waals surface area contributed by atoms with Crippen LogP contribution in [0.3, 0.4) is 0 Å². The van der Waals surface area contributed by atoms with Gasteiger partial charge in [0.15, 0.2) is 0 Å². The maximum Gasteiger partial charge on any atom is 0.143 e. The second-order valence-electron chi connectivity index (χ2n) is 5.77. The molecule has 2 N–H and O–H groups in total. The lowest BCUT2D eigenvalue weighted by Crippen LogP contribution is -2.24. The topological polar surface area (TPSA) is 85.1 Å². The average molecular weight is 339 g/mol. The number of hydrogen-bond donors (Lipinski definition) is 2. The Bertz CT molecular complexity index is 789. The largest absolute Gasteiger partial charge is 0.497 e. The zero-order valence-corrected chi connectivity index (χ0v) is 14.2. The van der Waals surface area contributed by atoms with E-state index in [2.05, 4.69) is 27.8 Å². The molecule has 0 saturated heterocycles. The molecule has 0 saturated carbocycles. The van der Waals surface area contributed by atoms with Crippen molar-refractivity contribution in [1.29, 1.82) is 0 Å². The van der Waals surface area contributed by atoms with Gasteiger partial charge in [0.2, 0.25) is 0 Å². The Morgan fingerprint density at radius 2 is 1.96 bits per heavy atom. The lowest BCUT2D eigenvalue weighted by molar-refractivity contribution is 0.170. The van der Waals surface area contributed by atoms with E-state index >= 15 is 0 Å². The van der Waals surface area contributed by atoms with Crippen molar-refractivity contribution >= 4 is 0 Å². The number of rotatable bonds is 7. The monoisotopic (exact) mass is 339 g/mol. The van der Waals surface area contributed by atoms with Gasteiger partial charge in [-0.1, -0.05) is 24.3 Å². The van der Waals surface area contributed by atoms with Crippen LogP contribution in [0.25, 0.3) is 5.69 Å². The molecular formula is C18H21N5O2. The maximum atomic E-state index is 10.4. The van der Waals surface area contributed by atoms with Gasteiger partial charge in [-0.05, 0) is 52.7 Å². The molecule has 1 aromatic heterocycles. The number of methoxy groups -OCH3 is 1. The minimum atomic E-state index is -0.599. The van der Waals surface area contributed by atoms with E-state index in [1.54, 1.807) is 18.1 Å². The SMILES string of the molecule is COc1cccc([C@H](O)CN[C@@H](C)c2ccc(-n3cnnn3)cc2)c1. The van der Waals surface area contributed by atoms with Crippen LogP contribution in [-0.2, 0) is 0 Å². The van der Waals surface area contributed by atoms with Crippen LogP contribution < -0.4 is 10.1 Å². The van der Waals surface area contributed by atoms with Crippen LogP contribution in [0.2, 0.25) is 0 Å². The lowest BCUT2D eigenvalue weighted by Gasteiger charge is -2.18. The van der Waals surface area contributed by atoms with E-state index in [1.165, 1.54) is 0 Å². The fourth-order valence-electron chi connectivity index (χ4n) is 2.57. The van der Waals surface area contributed by atoms with E-state index in [-0.39, 0.29) is 6.04 Å². The highest BCUT2D eigenvalue weighted by Crippen LogP contribution is 2.20. The third-order valence-corrected chi connectivity index (χ3v) is 4.10. The Morgan fingerprint density at radius 3 is 2.64 bits per heavy atom. The summed E-state index contributed by atoms with van der Waals surface area (Å²) in [6.07, 6.45) is 0.958. The third-order valence-electron chi connectivity index (χ3n) is 4.10. The number of aliphatic hydroxyl groups is 1. The summed E-state index contributed by atoms with van der Waals surface area (Å²) in [6.45, 7) is 2.51. The second kappa shape index (κ2) is 7.87. The first-order valence-corrected chi connectivity index (χ1v) is 8.06. The first-order chi connectivity index (χ1) is 12.2. The van der Waals surface area contributed by atoms with Gasteiger partial charge in [-0.15, -0.1) is 5.10 Å². The number of aliphatic hydroxyl groups excluding tert-OH is 1. The van der Waals surface area contributed by atoms with Gasteiger partial charge in [-0.25, -0.2) is 4.68 Å². The van der Waals surface area contributed by atoms with E-state index in [1.807, 2.05) is 48.5 Å². The molecule has 3 aromatic rings. The summed E-state index contributed by atoms with van der Waals surface area (Å²) in [5.41, 5.74) is 2.85. The second-order valence-corrected chi connectivity index (χ2v) is 5.77. The highest BCUT2D eigenvalue weighted by molar-refractivity contribution is 5.34. The standard InChI is InChI=1S/C18H21N5O2/c1-13(14-6-8-16(9-7-14)23-12-20-21-22-23)19-11-18(24)15-4-3-5-17(10-15)25-2/h3-10,12-13,18-19,24H,11H2,1-2H3/t13-,18+/m0/s1. The van der Waals surface area contributed by atoms with Crippen LogP contribution in [0.15, 0.2) is 54.9 Å². The first-order valence-electron chi connectivity index (χ1n) is 8.06. The van der Waals surface area contributed by atoms with E-state index in [4.69, 9.17) is 4.74 Å². The molecular weight excluding hydrogens is 318 g/mol. The molecule has 130 valence electrons. The van der Waals surface area contributed by atoms with Gasteiger partial charge < -0.3 is 15.2 Å². The minimum Gasteiger partial charge on any atom is -0.497 e. The number of nitrogens with zero attached hydrogens (tertiary/aromatic N) is 4.